The number of esters is 1. The highest BCUT2D eigenvalue weighted by atomic mass is 32.2. The molecular weight excluding hydrogens is 376 g/mol. The summed E-state index contributed by atoms with van der Waals surface area (Å²) in [4.78, 5) is 12.5. The topological polar surface area (TPSA) is 68.6 Å². The molecule has 0 amide bonds. The Balaban J connectivity index is 1.93. The number of rotatable bonds is 5. The quantitative estimate of drug-likeness (QED) is 0.720. The fourth-order valence-corrected chi connectivity index (χ4v) is 5.59. The van der Waals surface area contributed by atoms with Gasteiger partial charge in [-0.3, -0.25) is 0 Å². The number of hydrogen-bond donors (Lipinski definition) is 0. The largest absolute Gasteiger partial charge is 0.461 e. The Morgan fingerprint density at radius 3 is 2.43 bits per heavy atom. The minimum Gasteiger partial charge on any atom is -0.461 e. The van der Waals surface area contributed by atoms with Gasteiger partial charge < -0.3 is 9.30 Å². The van der Waals surface area contributed by atoms with Crippen molar-refractivity contribution in [3.8, 4) is 0 Å². The third-order valence-corrected chi connectivity index (χ3v) is 7.38. The highest BCUT2D eigenvalue weighted by molar-refractivity contribution is 7.89. The van der Waals surface area contributed by atoms with Gasteiger partial charge in [-0.15, -0.1) is 0 Å². The number of benzene rings is 1. The number of carbonyl (C=O) groups is 1. The molecule has 28 heavy (non-hydrogen) atoms. The number of sulfonamides is 1. The molecule has 0 aliphatic carbocycles. The second kappa shape index (κ2) is 7.93. The lowest BCUT2D eigenvalue weighted by atomic mass is 10.0. The Bertz CT molecular complexity index is 1020. The highest BCUT2D eigenvalue weighted by Gasteiger charge is 2.34. The minimum absolute atomic E-state index is 0.203. The van der Waals surface area contributed by atoms with Gasteiger partial charge in [-0.2, -0.15) is 4.31 Å². The normalized spacial score (nSPS) is 15.4. The maximum atomic E-state index is 13.3. The molecule has 6 nitrogen and oxygen atoms in total. The summed E-state index contributed by atoms with van der Waals surface area (Å²) in [6, 6.07) is 9.99. The molecule has 0 unspecified atom stereocenters. The standard InChI is InChI=1S/C21H26N2O4S/c1-5-27-21(24)19-15(2)20(16(3)22(19)4)28(25,26)23-13-11-18(12-14-23)17-9-7-6-8-10-17/h6-11H,5,12-14H2,1-4H3. The van der Waals surface area contributed by atoms with Gasteiger partial charge in [0.2, 0.25) is 10.0 Å². The van der Waals surface area contributed by atoms with Crippen molar-refractivity contribution in [2.24, 2.45) is 7.05 Å². The smallest absolute Gasteiger partial charge is 0.355 e. The zero-order chi connectivity index (χ0) is 20.5. The monoisotopic (exact) mass is 402 g/mol. The van der Waals surface area contributed by atoms with Crippen LogP contribution in [0.4, 0.5) is 0 Å². The van der Waals surface area contributed by atoms with Crippen LogP contribution >= 0.6 is 0 Å². The summed E-state index contributed by atoms with van der Waals surface area (Å²) in [5.74, 6) is -0.503. The van der Waals surface area contributed by atoms with Crippen LogP contribution in [0.3, 0.4) is 0 Å². The maximum Gasteiger partial charge on any atom is 0.355 e. The predicted molar refractivity (Wildman–Crippen MR) is 109 cm³/mol. The van der Waals surface area contributed by atoms with Crippen LogP contribution in [0, 0.1) is 13.8 Å². The molecule has 0 atom stereocenters. The number of nitrogens with zero attached hydrogens (tertiary/aromatic N) is 2. The van der Waals surface area contributed by atoms with Crippen molar-refractivity contribution in [1.29, 1.82) is 0 Å². The molecule has 3 rings (SSSR count). The van der Waals surface area contributed by atoms with Gasteiger partial charge in [0.15, 0.2) is 0 Å². The van der Waals surface area contributed by atoms with Gasteiger partial charge in [0, 0.05) is 31.4 Å². The lowest BCUT2D eigenvalue weighted by Gasteiger charge is -2.26. The molecule has 0 N–H and O–H groups in total. The molecule has 150 valence electrons. The molecular formula is C21H26N2O4S. The first-order valence-electron chi connectivity index (χ1n) is 9.36. The van der Waals surface area contributed by atoms with E-state index in [9.17, 15) is 13.2 Å². The van der Waals surface area contributed by atoms with Gasteiger partial charge in [-0.05, 0) is 38.3 Å². The Hall–Kier alpha value is -2.38. The van der Waals surface area contributed by atoms with Crippen LogP contribution in [0.25, 0.3) is 5.57 Å². The first kappa shape index (κ1) is 20.4. The van der Waals surface area contributed by atoms with Crippen LogP contribution < -0.4 is 0 Å². The number of carbonyl (C=O) groups excluding carboxylic acids is 1. The van der Waals surface area contributed by atoms with E-state index in [0.29, 0.717) is 30.8 Å². The zero-order valence-corrected chi connectivity index (χ0v) is 17.5. The average molecular weight is 403 g/mol. The number of ether oxygens (including phenoxy) is 1. The van der Waals surface area contributed by atoms with E-state index in [0.717, 1.165) is 11.1 Å². The van der Waals surface area contributed by atoms with Crippen LogP contribution in [0.2, 0.25) is 0 Å². The fourth-order valence-electron chi connectivity index (χ4n) is 3.73. The minimum atomic E-state index is -3.72. The summed E-state index contributed by atoms with van der Waals surface area (Å²) in [5.41, 5.74) is 3.54. The summed E-state index contributed by atoms with van der Waals surface area (Å²) in [7, 11) is -2.03. The zero-order valence-electron chi connectivity index (χ0n) is 16.7. The van der Waals surface area contributed by atoms with E-state index < -0.39 is 16.0 Å². The molecule has 2 heterocycles. The van der Waals surface area contributed by atoms with Crippen LogP contribution in [0.15, 0.2) is 41.3 Å². The SMILES string of the molecule is CCOC(=O)c1c(C)c(S(=O)(=O)N2CC=C(c3ccccc3)CC2)c(C)n1C. The second-order valence-electron chi connectivity index (χ2n) is 6.88. The summed E-state index contributed by atoms with van der Waals surface area (Å²) >= 11 is 0. The lowest BCUT2D eigenvalue weighted by Crippen LogP contribution is -2.35. The molecule has 7 heteroatoms. The number of aromatic nitrogens is 1. The fraction of sp³-hybridized carbons (Fsp3) is 0.381. The van der Waals surface area contributed by atoms with Crippen LogP contribution in [0.5, 0.6) is 0 Å². The Morgan fingerprint density at radius 1 is 1.18 bits per heavy atom. The number of hydrogen-bond acceptors (Lipinski definition) is 4. The Labute approximate surface area is 166 Å². The molecule has 1 aromatic heterocycles. The van der Waals surface area contributed by atoms with Crippen molar-refractivity contribution in [1.82, 2.24) is 8.87 Å². The van der Waals surface area contributed by atoms with Crippen molar-refractivity contribution in [3.05, 3.63) is 58.9 Å². The molecule has 0 fully saturated rings. The summed E-state index contributed by atoms with van der Waals surface area (Å²) < 4.78 is 34.9. The van der Waals surface area contributed by atoms with Crippen molar-refractivity contribution in [2.75, 3.05) is 19.7 Å². The molecule has 1 aliphatic rings. The lowest BCUT2D eigenvalue weighted by molar-refractivity contribution is 0.0514. The van der Waals surface area contributed by atoms with Gasteiger partial charge in [0.1, 0.15) is 10.6 Å². The predicted octanol–water partition coefficient (Wildman–Crippen LogP) is 3.30. The van der Waals surface area contributed by atoms with Gasteiger partial charge in [-0.1, -0.05) is 36.4 Å². The molecule has 1 aliphatic heterocycles. The molecule has 1 aromatic carbocycles. The van der Waals surface area contributed by atoms with E-state index in [-0.39, 0.29) is 17.2 Å². The average Bonchev–Trinajstić information content (AvgIpc) is 2.92. The summed E-state index contributed by atoms with van der Waals surface area (Å²) in [5, 5.41) is 0. The van der Waals surface area contributed by atoms with E-state index in [1.54, 1.807) is 32.4 Å². The Kier molecular flexibility index (Phi) is 5.76. The van der Waals surface area contributed by atoms with Crippen molar-refractivity contribution >= 4 is 21.6 Å². The van der Waals surface area contributed by atoms with E-state index in [1.807, 2.05) is 36.4 Å². The highest BCUT2D eigenvalue weighted by Crippen LogP contribution is 2.31. The van der Waals surface area contributed by atoms with Crippen molar-refractivity contribution in [3.63, 3.8) is 0 Å². The molecule has 0 saturated heterocycles. The van der Waals surface area contributed by atoms with Crippen LogP contribution in [0.1, 0.15) is 40.7 Å². The Morgan fingerprint density at radius 2 is 1.86 bits per heavy atom. The maximum absolute atomic E-state index is 13.3. The summed E-state index contributed by atoms with van der Waals surface area (Å²) in [6.07, 6.45) is 2.62. The van der Waals surface area contributed by atoms with Crippen molar-refractivity contribution in [2.45, 2.75) is 32.1 Å². The van der Waals surface area contributed by atoms with E-state index in [4.69, 9.17) is 4.74 Å². The molecule has 0 saturated carbocycles. The van der Waals surface area contributed by atoms with Gasteiger partial charge in [-0.25, -0.2) is 13.2 Å². The van der Waals surface area contributed by atoms with E-state index >= 15 is 0 Å². The summed E-state index contributed by atoms with van der Waals surface area (Å²) in [6.45, 7) is 6.08. The molecule has 2 aromatic rings. The van der Waals surface area contributed by atoms with Crippen molar-refractivity contribution < 1.29 is 17.9 Å². The van der Waals surface area contributed by atoms with Crippen LogP contribution in [-0.4, -0.2) is 43.0 Å². The first-order chi connectivity index (χ1) is 13.3. The van der Waals surface area contributed by atoms with E-state index in [1.165, 1.54) is 4.31 Å². The van der Waals surface area contributed by atoms with Crippen LogP contribution in [-0.2, 0) is 21.8 Å². The van der Waals surface area contributed by atoms with Gasteiger partial charge in [0.25, 0.3) is 0 Å². The third-order valence-electron chi connectivity index (χ3n) is 5.25. The molecule has 0 radical (unpaired) electrons. The molecule has 0 spiro atoms. The second-order valence-corrected chi connectivity index (χ2v) is 8.75. The molecule has 0 bridgehead atoms. The van der Waals surface area contributed by atoms with Gasteiger partial charge >= 0.3 is 5.97 Å². The first-order valence-corrected chi connectivity index (χ1v) is 10.8. The third kappa shape index (κ3) is 3.52. The van der Waals surface area contributed by atoms with Gasteiger partial charge in [0.05, 0.1) is 6.61 Å². The van der Waals surface area contributed by atoms with E-state index in [2.05, 4.69) is 0 Å².